The first-order chi connectivity index (χ1) is 12.1. The number of aliphatic imine (C=N–C) groups is 1. The monoisotopic (exact) mass is 375 g/mol. The number of carbonyl (C=O) groups excluding carboxylic acids is 1. The smallest absolute Gasteiger partial charge is 0.394 e. The van der Waals surface area contributed by atoms with Gasteiger partial charge in [0, 0.05) is 31.0 Å². The molecule has 146 valence electrons. The van der Waals surface area contributed by atoms with E-state index in [9.17, 15) is 23.1 Å². The number of aliphatic hydroxyl groups is 1. The topological polar surface area (TPSA) is 109 Å². The third-order valence-corrected chi connectivity index (χ3v) is 5.36. The highest BCUT2D eigenvalue weighted by molar-refractivity contribution is 5.93. The molecule has 0 aromatic carbocycles. The number of ether oxygens (including phenoxy) is 1. The summed E-state index contributed by atoms with van der Waals surface area (Å²) >= 11 is 0. The van der Waals surface area contributed by atoms with Crippen molar-refractivity contribution in [3.63, 3.8) is 0 Å². The Morgan fingerprint density at radius 3 is 2.42 bits per heavy atom. The van der Waals surface area contributed by atoms with Gasteiger partial charge in [-0.25, -0.2) is 0 Å². The number of hydrogen-bond donors (Lipinski definition) is 3. The van der Waals surface area contributed by atoms with Gasteiger partial charge in [0.1, 0.15) is 18.7 Å². The number of hydrogen-bond acceptors (Lipinski definition) is 6. The Labute approximate surface area is 149 Å². The number of nitrogens with zero attached hydrogens (tertiary/aromatic N) is 1. The molecule has 2 atom stereocenters. The van der Waals surface area contributed by atoms with Gasteiger partial charge < -0.3 is 25.8 Å². The summed E-state index contributed by atoms with van der Waals surface area (Å²) in [4.78, 5) is 14.3. The van der Waals surface area contributed by atoms with Gasteiger partial charge in [-0.3, -0.25) is 4.99 Å². The van der Waals surface area contributed by atoms with E-state index in [1.165, 1.54) is 7.11 Å². The fourth-order valence-corrected chi connectivity index (χ4v) is 4.22. The molecule has 2 saturated carbocycles. The highest BCUT2D eigenvalue weighted by Crippen LogP contribution is 2.53. The number of allylic oxidation sites excluding steroid dienone is 1. The van der Waals surface area contributed by atoms with Gasteiger partial charge in [0.2, 0.25) is 0 Å². The Balaban J connectivity index is 2.22. The third-order valence-electron chi connectivity index (χ3n) is 5.36. The van der Waals surface area contributed by atoms with E-state index in [0.29, 0.717) is 24.8 Å². The van der Waals surface area contributed by atoms with Gasteiger partial charge in [-0.1, -0.05) is 0 Å². The Hall–Kier alpha value is -1.74. The van der Waals surface area contributed by atoms with Crippen molar-refractivity contribution in [2.45, 2.75) is 43.9 Å². The lowest BCUT2D eigenvalue weighted by Gasteiger charge is -2.28. The number of alkyl halides is 3. The van der Waals surface area contributed by atoms with Crippen LogP contribution >= 0.6 is 0 Å². The highest BCUT2D eigenvalue weighted by Gasteiger charge is 2.52. The Kier molecular flexibility index (Phi) is 6.23. The molecule has 26 heavy (non-hydrogen) atoms. The lowest BCUT2D eigenvalue weighted by atomic mass is 9.85. The molecule has 6 nitrogen and oxygen atoms in total. The van der Waals surface area contributed by atoms with E-state index in [1.54, 1.807) is 0 Å². The van der Waals surface area contributed by atoms with Crippen molar-refractivity contribution in [2.24, 2.45) is 28.5 Å². The maximum Gasteiger partial charge on any atom is 0.431 e. The maximum atomic E-state index is 13.1. The molecule has 0 spiro atoms. The first-order valence-electron chi connectivity index (χ1n) is 8.42. The van der Waals surface area contributed by atoms with E-state index in [-0.39, 0.29) is 43.7 Å². The quantitative estimate of drug-likeness (QED) is 0.468. The second-order valence-corrected chi connectivity index (χ2v) is 7.08. The van der Waals surface area contributed by atoms with Gasteiger partial charge in [-0.05, 0) is 43.4 Å². The van der Waals surface area contributed by atoms with Crippen molar-refractivity contribution in [3.8, 4) is 0 Å². The van der Waals surface area contributed by atoms with Crippen molar-refractivity contribution < 1.29 is 27.8 Å². The standard InChI is InChI=1S/C17H24F3N3O3/c1-26-9-23-8-13(15(22)17(18,19)20)16(25)6-11-4-10(5-12(11)7-16)14(21)2-3-24/h3,8,10-12,21,25H,2,4-7,9,22H2,1H3/b15-13+,21-14?,23-8+. The van der Waals surface area contributed by atoms with Gasteiger partial charge in [0.05, 0.1) is 5.60 Å². The number of methoxy groups -OCH3 is 1. The second kappa shape index (κ2) is 7.87. The number of nitrogens with two attached hydrogens (primary N) is 1. The predicted molar refractivity (Wildman–Crippen MR) is 89.9 cm³/mol. The molecule has 0 radical (unpaired) electrons. The fraction of sp³-hybridized carbons (Fsp3) is 0.706. The number of carbonyl (C=O) groups is 1. The van der Waals surface area contributed by atoms with Crippen LogP contribution < -0.4 is 5.73 Å². The van der Waals surface area contributed by atoms with Gasteiger partial charge in [0.25, 0.3) is 0 Å². The zero-order valence-corrected chi connectivity index (χ0v) is 14.6. The molecule has 2 rings (SSSR count). The molecule has 2 aliphatic carbocycles. The molecular formula is C17H24F3N3O3. The van der Waals surface area contributed by atoms with E-state index < -0.39 is 23.0 Å². The second-order valence-electron chi connectivity index (χ2n) is 7.08. The zero-order valence-electron chi connectivity index (χ0n) is 14.6. The predicted octanol–water partition coefficient (Wildman–Crippen LogP) is 2.21. The molecular weight excluding hydrogens is 351 g/mol. The number of halogens is 3. The van der Waals surface area contributed by atoms with Crippen LogP contribution in [0.5, 0.6) is 0 Å². The van der Waals surface area contributed by atoms with Crippen LogP contribution in [0.15, 0.2) is 16.3 Å². The molecule has 0 amide bonds. The summed E-state index contributed by atoms with van der Waals surface area (Å²) in [5, 5.41) is 18.8. The fourth-order valence-electron chi connectivity index (χ4n) is 4.22. The summed E-state index contributed by atoms with van der Waals surface area (Å²) in [7, 11) is 1.36. The average Bonchev–Trinajstić information content (AvgIpc) is 3.06. The molecule has 2 fully saturated rings. The number of rotatable bonds is 7. The summed E-state index contributed by atoms with van der Waals surface area (Å²) in [5.74, 6) is -0.0676. The van der Waals surface area contributed by atoms with Gasteiger partial charge >= 0.3 is 6.18 Å². The number of aldehydes is 1. The first kappa shape index (κ1) is 20.6. The molecule has 0 saturated heterocycles. The van der Waals surface area contributed by atoms with Gasteiger partial charge in [0.15, 0.2) is 0 Å². The highest BCUT2D eigenvalue weighted by atomic mass is 19.4. The van der Waals surface area contributed by atoms with Crippen LogP contribution in [0.4, 0.5) is 13.2 Å². The normalized spacial score (nSPS) is 32.6. The van der Waals surface area contributed by atoms with Crippen molar-refractivity contribution >= 4 is 18.2 Å². The minimum absolute atomic E-state index is 0.0103. The average molecular weight is 375 g/mol. The summed E-state index contributed by atoms with van der Waals surface area (Å²) in [5.41, 5.74) is 2.18. The Morgan fingerprint density at radius 1 is 1.38 bits per heavy atom. The number of nitrogens with one attached hydrogen (secondary N) is 1. The van der Waals surface area contributed by atoms with Crippen molar-refractivity contribution in [1.82, 2.24) is 0 Å². The Bertz CT molecular complexity index is 602. The zero-order chi connectivity index (χ0) is 19.5. The molecule has 4 N–H and O–H groups in total. The van der Waals surface area contributed by atoms with Crippen molar-refractivity contribution in [3.05, 3.63) is 11.3 Å². The van der Waals surface area contributed by atoms with E-state index in [1.807, 2.05) is 0 Å². The maximum absolute atomic E-state index is 13.1. The molecule has 2 aliphatic rings. The van der Waals surface area contributed by atoms with Crippen LogP contribution in [0.3, 0.4) is 0 Å². The first-order valence-corrected chi connectivity index (χ1v) is 8.42. The van der Waals surface area contributed by atoms with Crippen LogP contribution in [0.1, 0.15) is 32.1 Å². The van der Waals surface area contributed by atoms with E-state index in [0.717, 1.165) is 6.21 Å². The van der Waals surface area contributed by atoms with Crippen LogP contribution in [-0.4, -0.2) is 48.9 Å². The number of fused-ring (bicyclic) bond motifs is 1. The van der Waals surface area contributed by atoms with Crippen LogP contribution in [0.2, 0.25) is 0 Å². The van der Waals surface area contributed by atoms with Crippen molar-refractivity contribution in [1.29, 1.82) is 5.41 Å². The Morgan fingerprint density at radius 2 is 1.96 bits per heavy atom. The molecule has 0 aliphatic heterocycles. The minimum Gasteiger partial charge on any atom is -0.394 e. The van der Waals surface area contributed by atoms with E-state index in [4.69, 9.17) is 15.9 Å². The largest absolute Gasteiger partial charge is 0.431 e. The van der Waals surface area contributed by atoms with Gasteiger partial charge in [-0.15, -0.1) is 0 Å². The molecule has 0 aromatic rings. The van der Waals surface area contributed by atoms with E-state index >= 15 is 0 Å². The van der Waals surface area contributed by atoms with Crippen molar-refractivity contribution in [2.75, 3.05) is 13.8 Å². The minimum atomic E-state index is -4.77. The molecule has 2 unspecified atom stereocenters. The lowest BCUT2D eigenvalue weighted by molar-refractivity contribution is -0.106. The van der Waals surface area contributed by atoms with Crippen LogP contribution in [0.25, 0.3) is 0 Å². The van der Waals surface area contributed by atoms with Crippen LogP contribution in [0, 0.1) is 23.2 Å². The third kappa shape index (κ3) is 4.32. The summed E-state index contributed by atoms with van der Waals surface area (Å²) in [6.07, 6.45) is -1.60. The molecule has 9 heteroatoms. The molecule has 0 heterocycles. The lowest BCUT2D eigenvalue weighted by Crippen LogP contribution is -2.36. The van der Waals surface area contributed by atoms with Crippen LogP contribution in [-0.2, 0) is 9.53 Å². The SMILES string of the molecule is COC/N=C/C(=C(\N)C(F)(F)F)C1(O)CC2CC(C(=N)CC=O)CC2C1. The summed E-state index contributed by atoms with van der Waals surface area (Å²) in [6, 6.07) is 0. The molecule has 0 bridgehead atoms. The van der Waals surface area contributed by atoms with Gasteiger partial charge in [-0.2, -0.15) is 13.2 Å². The summed E-state index contributed by atoms with van der Waals surface area (Å²) in [6.45, 7) is -0.136. The summed E-state index contributed by atoms with van der Waals surface area (Å²) < 4.78 is 44.1. The van der Waals surface area contributed by atoms with E-state index in [2.05, 4.69) is 4.99 Å². The molecule has 0 aromatic heterocycles.